The molecule has 0 unspecified atom stereocenters. The normalized spacial score (nSPS) is 11.1. The number of fused-ring (bicyclic) bond motifs is 6. The molecule has 0 amide bonds. The van der Waals surface area contributed by atoms with Crippen molar-refractivity contribution in [3.63, 3.8) is 0 Å². The van der Waals surface area contributed by atoms with E-state index in [4.69, 9.17) is 5.26 Å². The summed E-state index contributed by atoms with van der Waals surface area (Å²) < 4.78 is 0. The predicted octanol–water partition coefficient (Wildman–Crippen LogP) is 7.75. The molecule has 0 spiro atoms. The van der Waals surface area contributed by atoms with Crippen LogP contribution in [0.25, 0.3) is 54.7 Å². The molecule has 0 bridgehead atoms. The van der Waals surface area contributed by atoms with Crippen molar-refractivity contribution in [3.05, 3.63) is 115 Å². The lowest BCUT2D eigenvalue weighted by Crippen LogP contribution is -1.87. The fraction of sp³-hybridized carbons (Fsp3) is 0. The summed E-state index contributed by atoms with van der Waals surface area (Å²) in [6.45, 7) is 0. The van der Waals surface area contributed by atoms with E-state index in [9.17, 15) is 0 Å². The maximum atomic E-state index is 9.15. The van der Waals surface area contributed by atoms with Crippen LogP contribution in [0.3, 0.4) is 0 Å². The molecule has 1 heterocycles. The Kier molecular flexibility index (Phi) is 4.20. The highest BCUT2D eigenvalue weighted by Gasteiger charge is 2.10. The van der Waals surface area contributed by atoms with Crippen molar-refractivity contribution in [2.75, 3.05) is 0 Å². The van der Waals surface area contributed by atoms with E-state index in [2.05, 4.69) is 102 Å². The Labute approximate surface area is 186 Å². The number of rotatable bonds is 2. The largest absolute Gasteiger partial charge is 0.256 e. The zero-order chi connectivity index (χ0) is 21.5. The third-order valence-electron chi connectivity index (χ3n) is 6.15. The summed E-state index contributed by atoms with van der Waals surface area (Å²) in [5, 5.41) is 16.8. The highest BCUT2D eigenvalue weighted by Crippen LogP contribution is 2.37. The molecule has 0 saturated heterocycles. The summed E-state index contributed by atoms with van der Waals surface area (Å²) in [5.41, 5.74) is 4.77. The van der Waals surface area contributed by atoms with Crippen molar-refractivity contribution in [2.24, 2.45) is 0 Å². The molecule has 148 valence electrons. The van der Waals surface area contributed by atoms with Gasteiger partial charge in [0.25, 0.3) is 0 Å². The third kappa shape index (κ3) is 2.92. The second-order valence-electron chi connectivity index (χ2n) is 7.97. The van der Waals surface area contributed by atoms with Crippen molar-refractivity contribution in [1.29, 1.82) is 5.26 Å². The van der Waals surface area contributed by atoms with Gasteiger partial charge >= 0.3 is 0 Å². The van der Waals surface area contributed by atoms with Gasteiger partial charge in [0.15, 0.2) is 0 Å². The van der Waals surface area contributed by atoms with Crippen LogP contribution in [0.4, 0.5) is 0 Å². The smallest absolute Gasteiger partial charge is 0.0992 e. The van der Waals surface area contributed by atoms with Gasteiger partial charge in [0.05, 0.1) is 17.3 Å². The lowest BCUT2D eigenvalue weighted by Gasteiger charge is -2.12. The zero-order valence-electron chi connectivity index (χ0n) is 17.3. The van der Waals surface area contributed by atoms with Crippen LogP contribution in [0, 0.1) is 11.3 Å². The monoisotopic (exact) mass is 406 g/mol. The van der Waals surface area contributed by atoms with Gasteiger partial charge in [-0.3, -0.25) is 4.98 Å². The maximum Gasteiger partial charge on any atom is 0.0992 e. The molecule has 0 saturated carbocycles. The minimum Gasteiger partial charge on any atom is -0.256 e. The Bertz CT molecular complexity index is 1640. The molecular formula is C30H18N2. The highest BCUT2D eigenvalue weighted by molar-refractivity contribution is 6.25. The van der Waals surface area contributed by atoms with Crippen LogP contribution in [0.2, 0.25) is 0 Å². The van der Waals surface area contributed by atoms with Gasteiger partial charge in [-0.15, -0.1) is 0 Å². The number of hydrogen-bond acceptors (Lipinski definition) is 2. The number of hydrogen-bond donors (Lipinski definition) is 0. The standard InChI is InChI=1S/C30H18N2/c31-19-20-15-16-32-30(17-20)22-11-9-21(10-12-22)23-13-14-28-26-7-2-1-5-24(26)25-6-3-4-8-27(25)29(28)18-23/h1-18H. The SMILES string of the molecule is N#Cc1ccnc(-c2ccc(-c3ccc4c5ccccc5c5ccccc5c4c3)cc2)c1. The lowest BCUT2D eigenvalue weighted by molar-refractivity contribution is 1.31. The van der Waals surface area contributed by atoms with E-state index in [0.717, 1.165) is 16.8 Å². The van der Waals surface area contributed by atoms with Crippen molar-refractivity contribution in [1.82, 2.24) is 4.98 Å². The van der Waals surface area contributed by atoms with E-state index in [1.807, 2.05) is 6.07 Å². The van der Waals surface area contributed by atoms with Crippen LogP contribution in [0.5, 0.6) is 0 Å². The topological polar surface area (TPSA) is 36.7 Å². The van der Waals surface area contributed by atoms with E-state index in [-0.39, 0.29) is 0 Å². The number of aromatic nitrogens is 1. The predicted molar refractivity (Wildman–Crippen MR) is 132 cm³/mol. The van der Waals surface area contributed by atoms with Gasteiger partial charge < -0.3 is 0 Å². The quantitative estimate of drug-likeness (QED) is 0.276. The molecule has 0 radical (unpaired) electrons. The molecular weight excluding hydrogens is 388 g/mol. The Morgan fingerprint density at radius 2 is 1.03 bits per heavy atom. The molecule has 1 aromatic heterocycles. The first-order chi connectivity index (χ1) is 15.8. The van der Waals surface area contributed by atoms with Crippen LogP contribution in [0.1, 0.15) is 5.56 Å². The number of nitrogens with zero attached hydrogens (tertiary/aromatic N) is 2. The second-order valence-corrected chi connectivity index (χ2v) is 7.97. The second kappa shape index (κ2) is 7.34. The van der Waals surface area contributed by atoms with Gasteiger partial charge in [0.2, 0.25) is 0 Å². The average Bonchev–Trinajstić information content (AvgIpc) is 2.89. The molecule has 32 heavy (non-hydrogen) atoms. The minimum absolute atomic E-state index is 0.618. The summed E-state index contributed by atoms with van der Waals surface area (Å²) in [4.78, 5) is 4.41. The minimum atomic E-state index is 0.618. The van der Waals surface area contributed by atoms with Crippen LogP contribution in [-0.4, -0.2) is 4.98 Å². The van der Waals surface area contributed by atoms with Crippen molar-refractivity contribution in [2.45, 2.75) is 0 Å². The average molecular weight is 406 g/mol. The molecule has 6 aromatic rings. The van der Waals surface area contributed by atoms with E-state index in [1.54, 1.807) is 12.3 Å². The van der Waals surface area contributed by atoms with E-state index >= 15 is 0 Å². The molecule has 0 aliphatic carbocycles. The Morgan fingerprint density at radius 1 is 0.500 bits per heavy atom. The molecule has 0 aliphatic rings. The maximum absolute atomic E-state index is 9.15. The van der Waals surface area contributed by atoms with Crippen LogP contribution in [0.15, 0.2) is 109 Å². The lowest BCUT2D eigenvalue weighted by atomic mass is 9.92. The van der Waals surface area contributed by atoms with Crippen LogP contribution in [-0.2, 0) is 0 Å². The first kappa shape index (κ1) is 18.3. The molecule has 0 atom stereocenters. The van der Waals surface area contributed by atoms with Gasteiger partial charge in [0.1, 0.15) is 0 Å². The number of benzene rings is 5. The van der Waals surface area contributed by atoms with Crippen LogP contribution >= 0.6 is 0 Å². The van der Waals surface area contributed by atoms with E-state index in [0.29, 0.717) is 5.56 Å². The summed E-state index contributed by atoms with van der Waals surface area (Å²) in [5.74, 6) is 0. The zero-order valence-corrected chi connectivity index (χ0v) is 17.3. The Morgan fingerprint density at radius 3 is 1.66 bits per heavy atom. The molecule has 0 N–H and O–H groups in total. The van der Waals surface area contributed by atoms with Gasteiger partial charge in [0, 0.05) is 11.8 Å². The van der Waals surface area contributed by atoms with Crippen molar-refractivity contribution < 1.29 is 0 Å². The van der Waals surface area contributed by atoms with E-state index in [1.165, 1.54) is 37.9 Å². The molecule has 6 rings (SSSR count). The third-order valence-corrected chi connectivity index (χ3v) is 6.15. The summed E-state index contributed by atoms with van der Waals surface area (Å²) in [7, 11) is 0. The highest BCUT2D eigenvalue weighted by atomic mass is 14.7. The van der Waals surface area contributed by atoms with Crippen molar-refractivity contribution in [3.8, 4) is 28.5 Å². The molecule has 0 fully saturated rings. The number of nitriles is 1. The fourth-order valence-electron chi connectivity index (χ4n) is 4.58. The summed E-state index contributed by atoms with van der Waals surface area (Å²) in [6, 6.07) is 38.1. The number of pyridine rings is 1. The summed E-state index contributed by atoms with van der Waals surface area (Å²) >= 11 is 0. The molecule has 5 aromatic carbocycles. The first-order valence-corrected chi connectivity index (χ1v) is 10.6. The molecule has 0 aliphatic heterocycles. The fourth-order valence-corrected chi connectivity index (χ4v) is 4.58. The Hall–Kier alpha value is -4.48. The Balaban J connectivity index is 1.51. The van der Waals surface area contributed by atoms with Gasteiger partial charge in [-0.2, -0.15) is 5.26 Å². The molecule has 2 heteroatoms. The van der Waals surface area contributed by atoms with Crippen LogP contribution < -0.4 is 0 Å². The van der Waals surface area contributed by atoms with E-state index < -0.39 is 0 Å². The summed E-state index contributed by atoms with van der Waals surface area (Å²) in [6.07, 6.45) is 1.68. The van der Waals surface area contributed by atoms with Crippen molar-refractivity contribution >= 4 is 32.3 Å². The van der Waals surface area contributed by atoms with Gasteiger partial charge in [-0.25, -0.2) is 0 Å². The van der Waals surface area contributed by atoms with Gasteiger partial charge in [-0.1, -0.05) is 84.9 Å². The first-order valence-electron chi connectivity index (χ1n) is 10.6. The van der Waals surface area contributed by atoms with Gasteiger partial charge in [-0.05, 0) is 61.6 Å². The molecule has 2 nitrogen and oxygen atoms in total.